The zero-order chi connectivity index (χ0) is 17.1. The first-order valence-corrected chi connectivity index (χ1v) is 6.24. The highest BCUT2D eigenvalue weighted by Gasteiger charge is 2.19. The van der Waals surface area contributed by atoms with Gasteiger partial charge in [-0.3, -0.25) is 10.1 Å². The summed E-state index contributed by atoms with van der Waals surface area (Å²) >= 11 is 0. The number of hydrogen-bond acceptors (Lipinski definition) is 5. The van der Waals surface area contributed by atoms with Gasteiger partial charge in [0.25, 0.3) is 5.69 Å². The van der Waals surface area contributed by atoms with Crippen molar-refractivity contribution in [3.63, 3.8) is 0 Å². The number of carbonyl (C=O) groups is 2. The van der Waals surface area contributed by atoms with Crippen molar-refractivity contribution in [1.82, 2.24) is 0 Å². The summed E-state index contributed by atoms with van der Waals surface area (Å²) in [6, 6.07) is 6.22. The Morgan fingerprint density at radius 1 is 1.22 bits per heavy atom. The molecule has 0 atom stereocenters. The molecule has 0 radical (unpaired) electrons. The highest BCUT2D eigenvalue weighted by molar-refractivity contribution is 5.98. The number of nitro groups is 1. The van der Waals surface area contributed by atoms with Gasteiger partial charge in [-0.05, 0) is 29.8 Å². The predicted molar refractivity (Wildman–Crippen MR) is 76.8 cm³/mol. The number of nitro benzene ring substituents is 1. The van der Waals surface area contributed by atoms with E-state index in [-0.39, 0.29) is 27.9 Å². The van der Waals surface area contributed by atoms with E-state index in [0.29, 0.717) is 0 Å². The summed E-state index contributed by atoms with van der Waals surface area (Å²) in [4.78, 5) is 33.0. The number of aromatic carboxylic acids is 1. The quantitative estimate of drug-likeness (QED) is 0.527. The van der Waals surface area contributed by atoms with Crippen molar-refractivity contribution < 1.29 is 28.7 Å². The molecule has 0 saturated heterocycles. The van der Waals surface area contributed by atoms with E-state index in [1.165, 1.54) is 6.07 Å². The third-order valence-electron chi connectivity index (χ3n) is 3.07. The van der Waals surface area contributed by atoms with Crippen LogP contribution in [0.4, 0.5) is 10.1 Å². The van der Waals surface area contributed by atoms with E-state index in [0.717, 1.165) is 37.4 Å². The molecule has 0 spiro atoms. The topological polar surface area (TPSA) is 107 Å². The van der Waals surface area contributed by atoms with Crippen LogP contribution in [-0.2, 0) is 4.74 Å². The van der Waals surface area contributed by atoms with Gasteiger partial charge in [-0.2, -0.15) is 0 Å². The van der Waals surface area contributed by atoms with Crippen LogP contribution in [0.3, 0.4) is 0 Å². The Hall–Kier alpha value is -3.29. The Morgan fingerprint density at radius 3 is 2.48 bits per heavy atom. The Kier molecular flexibility index (Phi) is 4.35. The molecule has 118 valence electrons. The molecule has 0 aliphatic heterocycles. The van der Waals surface area contributed by atoms with Gasteiger partial charge >= 0.3 is 11.9 Å². The summed E-state index contributed by atoms with van der Waals surface area (Å²) in [5, 5.41) is 20.1. The van der Waals surface area contributed by atoms with Crippen molar-refractivity contribution in [3.05, 3.63) is 63.5 Å². The number of methoxy groups -OCH3 is 1. The lowest BCUT2D eigenvalue weighted by Gasteiger charge is -2.08. The number of carbonyl (C=O) groups excluding carboxylic acids is 1. The van der Waals surface area contributed by atoms with E-state index in [2.05, 4.69) is 4.74 Å². The molecule has 0 heterocycles. The van der Waals surface area contributed by atoms with Gasteiger partial charge in [0, 0.05) is 17.7 Å². The molecule has 2 rings (SSSR count). The molecule has 0 aliphatic rings. The summed E-state index contributed by atoms with van der Waals surface area (Å²) < 4.78 is 18.2. The summed E-state index contributed by atoms with van der Waals surface area (Å²) in [6.45, 7) is 0. The predicted octanol–water partition coefficient (Wildman–Crippen LogP) is 2.89. The van der Waals surface area contributed by atoms with Gasteiger partial charge in [-0.15, -0.1) is 0 Å². The number of carboxylic acid groups (broad SMARTS) is 1. The minimum Gasteiger partial charge on any atom is -0.478 e. The average molecular weight is 319 g/mol. The van der Waals surface area contributed by atoms with Gasteiger partial charge in [0.1, 0.15) is 5.82 Å². The highest BCUT2D eigenvalue weighted by Crippen LogP contribution is 2.29. The van der Waals surface area contributed by atoms with Crippen LogP contribution in [0.5, 0.6) is 0 Å². The second-order valence-electron chi connectivity index (χ2n) is 4.51. The largest absolute Gasteiger partial charge is 0.478 e. The summed E-state index contributed by atoms with van der Waals surface area (Å²) in [7, 11) is 1.11. The number of halogens is 1. The maximum absolute atomic E-state index is 13.7. The first-order valence-electron chi connectivity index (χ1n) is 6.24. The molecule has 8 heteroatoms. The fourth-order valence-electron chi connectivity index (χ4n) is 2.05. The standard InChI is InChI=1S/C15H10FNO6/c1-23-15(20)9-4-8(5-10(16)6-9)13-7-11(17(21)22)2-3-12(13)14(18)19/h2-7H,1H3,(H,18,19). The molecular weight excluding hydrogens is 309 g/mol. The SMILES string of the molecule is COC(=O)c1cc(F)cc(-c2cc([N+](=O)[O-])ccc2C(=O)O)c1. The third kappa shape index (κ3) is 3.31. The molecule has 2 aromatic rings. The minimum atomic E-state index is -1.33. The molecule has 2 aromatic carbocycles. The van der Waals surface area contributed by atoms with E-state index in [1.807, 2.05) is 0 Å². The van der Waals surface area contributed by atoms with Crippen LogP contribution >= 0.6 is 0 Å². The average Bonchev–Trinajstić information content (AvgIpc) is 2.52. The first-order chi connectivity index (χ1) is 10.8. The van der Waals surface area contributed by atoms with Gasteiger partial charge in [-0.25, -0.2) is 14.0 Å². The van der Waals surface area contributed by atoms with Gasteiger partial charge in [0.15, 0.2) is 0 Å². The normalized spacial score (nSPS) is 10.2. The summed E-state index contributed by atoms with van der Waals surface area (Å²) in [5.41, 5.74) is -0.793. The molecule has 0 saturated carbocycles. The van der Waals surface area contributed by atoms with E-state index in [4.69, 9.17) is 0 Å². The number of hydrogen-bond donors (Lipinski definition) is 1. The maximum atomic E-state index is 13.7. The Bertz CT molecular complexity index is 818. The lowest BCUT2D eigenvalue weighted by Crippen LogP contribution is -2.04. The summed E-state index contributed by atoms with van der Waals surface area (Å²) in [5.74, 6) is -2.95. The Balaban J connectivity index is 2.71. The molecule has 23 heavy (non-hydrogen) atoms. The number of rotatable bonds is 4. The van der Waals surface area contributed by atoms with Crippen molar-refractivity contribution in [2.75, 3.05) is 7.11 Å². The number of esters is 1. The minimum absolute atomic E-state index is 0.0199. The molecule has 0 bridgehead atoms. The Morgan fingerprint density at radius 2 is 1.91 bits per heavy atom. The lowest BCUT2D eigenvalue weighted by atomic mass is 9.97. The monoisotopic (exact) mass is 319 g/mol. The number of benzene rings is 2. The van der Waals surface area contributed by atoms with Crippen molar-refractivity contribution in [2.45, 2.75) is 0 Å². The van der Waals surface area contributed by atoms with Crippen LogP contribution in [0.25, 0.3) is 11.1 Å². The number of non-ortho nitro benzene ring substituents is 1. The van der Waals surface area contributed by atoms with Crippen molar-refractivity contribution in [1.29, 1.82) is 0 Å². The molecule has 1 N–H and O–H groups in total. The van der Waals surface area contributed by atoms with Gasteiger partial charge in [0.05, 0.1) is 23.2 Å². The second kappa shape index (κ2) is 6.22. The molecule has 0 unspecified atom stereocenters. The van der Waals surface area contributed by atoms with Gasteiger partial charge < -0.3 is 9.84 Å². The highest BCUT2D eigenvalue weighted by atomic mass is 19.1. The van der Waals surface area contributed by atoms with Crippen LogP contribution in [0.1, 0.15) is 20.7 Å². The molecule has 0 amide bonds. The first kappa shape index (κ1) is 16.1. The smallest absolute Gasteiger partial charge is 0.337 e. The second-order valence-corrected chi connectivity index (χ2v) is 4.51. The van der Waals surface area contributed by atoms with Crippen LogP contribution in [0, 0.1) is 15.9 Å². The van der Waals surface area contributed by atoms with Crippen molar-refractivity contribution in [3.8, 4) is 11.1 Å². The van der Waals surface area contributed by atoms with Crippen molar-refractivity contribution >= 4 is 17.6 Å². The Labute approximate surface area is 129 Å². The van der Waals surface area contributed by atoms with Crippen LogP contribution in [0.15, 0.2) is 36.4 Å². The molecule has 0 aromatic heterocycles. The fraction of sp³-hybridized carbons (Fsp3) is 0.0667. The summed E-state index contributed by atoms with van der Waals surface area (Å²) in [6.07, 6.45) is 0. The molecule has 0 aliphatic carbocycles. The molecule has 7 nitrogen and oxygen atoms in total. The van der Waals surface area contributed by atoms with E-state index in [1.54, 1.807) is 0 Å². The van der Waals surface area contributed by atoms with Crippen LogP contribution < -0.4 is 0 Å². The molecular formula is C15H10FNO6. The van der Waals surface area contributed by atoms with Gasteiger partial charge in [0.2, 0.25) is 0 Å². The van der Waals surface area contributed by atoms with Gasteiger partial charge in [-0.1, -0.05) is 0 Å². The van der Waals surface area contributed by atoms with Crippen LogP contribution in [-0.4, -0.2) is 29.1 Å². The van der Waals surface area contributed by atoms with Crippen molar-refractivity contribution in [2.24, 2.45) is 0 Å². The number of ether oxygens (including phenoxy) is 1. The fourth-order valence-corrected chi connectivity index (χ4v) is 2.05. The third-order valence-corrected chi connectivity index (χ3v) is 3.07. The number of carboxylic acids is 1. The zero-order valence-corrected chi connectivity index (χ0v) is 11.8. The van der Waals surface area contributed by atoms with E-state index >= 15 is 0 Å². The van der Waals surface area contributed by atoms with E-state index < -0.39 is 22.7 Å². The maximum Gasteiger partial charge on any atom is 0.337 e. The zero-order valence-electron chi connectivity index (χ0n) is 11.8. The van der Waals surface area contributed by atoms with E-state index in [9.17, 15) is 29.2 Å². The molecule has 0 fully saturated rings. The van der Waals surface area contributed by atoms with Crippen LogP contribution in [0.2, 0.25) is 0 Å². The lowest BCUT2D eigenvalue weighted by molar-refractivity contribution is -0.384. The number of nitrogens with zero attached hydrogens (tertiary/aromatic N) is 1.